The van der Waals surface area contributed by atoms with Crippen LogP contribution >= 0.6 is 0 Å². The number of aromatic nitrogens is 1. The Kier molecular flexibility index (Phi) is 5.59. The van der Waals surface area contributed by atoms with E-state index in [2.05, 4.69) is 44.5 Å². The van der Waals surface area contributed by atoms with E-state index >= 15 is 0 Å². The standard InChI is InChI=1S/C26H27N3O2S/c1-28-15-6-11-25(28)26(29-16-14-21-8-3-5-10-23(21)19-29)18-27-32(30,31)24-13-12-20-7-2-4-9-22(20)17-24/h2-13,15,17,26-27H,14,16,18-19H2,1H3. The molecule has 3 aromatic carbocycles. The Labute approximate surface area is 189 Å². The van der Waals surface area contributed by atoms with Crippen molar-refractivity contribution in [2.24, 2.45) is 7.05 Å². The fraction of sp³-hybridized carbons (Fsp3) is 0.231. The second-order valence-electron chi connectivity index (χ2n) is 8.41. The number of hydrogen-bond donors (Lipinski definition) is 1. The molecule has 1 unspecified atom stereocenters. The Morgan fingerprint density at radius 2 is 1.66 bits per heavy atom. The highest BCUT2D eigenvalue weighted by atomic mass is 32.2. The van der Waals surface area contributed by atoms with E-state index < -0.39 is 10.0 Å². The zero-order valence-corrected chi connectivity index (χ0v) is 18.9. The lowest BCUT2D eigenvalue weighted by Gasteiger charge is -2.36. The van der Waals surface area contributed by atoms with Crippen LogP contribution in [-0.2, 0) is 30.0 Å². The number of fused-ring (bicyclic) bond motifs is 2. The van der Waals surface area contributed by atoms with E-state index in [-0.39, 0.29) is 6.04 Å². The summed E-state index contributed by atoms with van der Waals surface area (Å²) < 4.78 is 31.3. The van der Waals surface area contributed by atoms with E-state index in [4.69, 9.17) is 0 Å². The lowest BCUT2D eigenvalue weighted by Crippen LogP contribution is -2.41. The fourth-order valence-corrected chi connectivity index (χ4v) is 5.70. The largest absolute Gasteiger partial charge is 0.353 e. The van der Waals surface area contributed by atoms with E-state index in [1.165, 1.54) is 11.1 Å². The lowest BCUT2D eigenvalue weighted by molar-refractivity contribution is 0.174. The molecule has 0 saturated carbocycles. The molecule has 1 aliphatic heterocycles. The number of rotatable bonds is 6. The first-order chi connectivity index (χ1) is 15.5. The van der Waals surface area contributed by atoms with Gasteiger partial charge in [-0.05, 0) is 52.6 Å². The van der Waals surface area contributed by atoms with Crippen LogP contribution in [0.1, 0.15) is 22.9 Å². The van der Waals surface area contributed by atoms with Crippen molar-refractivity contribution in [3.05, 3.63) is 102 Å². The molecule has 1 atom stereocenters. The van der Waals surface area contributed by atoms with Crippen molar-refractivity contribution in [1.29, 1.82) is 0 Å². The average molecular weight is 446 g/mol. The highest BCUT2D eigenvalue weighted by Gasteiger charge is 2.28. The Balaban J connectivity index is 1.41. The smallest absolute Gasteiger partial charge is 0.240 e. The molecule has 0 saturated heterocycles. The minimum absolute atomic E-state index is 0.0569. The van der Waals surface area contributed by atoms with Crippen molar-refractivity contribution in [2.45, 2.75) is 23.9 Å². The summed E-state index contributed by atoms with van der Waals surface area (Å²) >= 11 is 0. The molecule has 0 radical (unpaired) electrons. The van der Waals surface area contributed by atoms with Gasteiger partial charge in [0.1, 0.15) is 0 Å². The van der Waals surface area contributed by atoms with Crippen LogP contribution in [0.5, 0.6) is 0 Å². The van der Waals surface area contributed by atoms with Gasteiger partial charge in [-0.3, -0.25) is 4.90 Å². The third kappa shape index (κ3) is 4.09. The van der Waals surface area contributed by atoms with E-state index in [9.17, 15) is 8.42 Å². The zero-order valence-electron chi connectivity index (χ0n) is 18.1. The van der Waals surface area contributed by atoms with Crippen LogP contribution in [0.25, 0.3) is 10.8 Å². The highest BCUT2D eigenvalue weighted by Crippen LogP contribution is 2.28. The van der Waals surface area contributed by atoms with Crippen molar-refractivity contribution >= 4 is 20.8 Å². The van der Waals surface area contributed by atoms with Gasteiger partial charge in [0.15, 0.2) is 0 Å². The van der Waals surface area contributed by atoms with Gasteiger partial charge in [-0.1, -0.05) is 54.6 Å². The number of benzene rings is 3. The van der Waals surface area contributed by atoms with Crippen molar-refractivity contribution in [2.75, 3.05) is 13.1 Å². The van der Waals surface area contributed by atoms with Crippen molar-refractivity contribution in [3.8, 4) is 0 Å². The molecule has 0 fully saturated rings. The molecule has 0 bridgehead atoms. The first-order valence-electron chi connectivity index (χ1n) is 10.9. The van der Waals surface area contributed by atoms with Crippen molar-refractivity contribution in [1.82, 2.24) is 14.2 Å². The summed E-state index contributed by atoms with van der Waals surface area (Å²) in [5.74, 6) is 0. The molecule has 5 nitrogen and oxygen atoms in total. The predicted molar refractivity (Wildman–Crippen MR) is 128 cm³/mol. The van der Waals surface area contributed by atoms with Gasteiger partial charge in [0.2, 0.25) is 10.0 Å². The SMILES string of the molecule is Cn1cccc1C(CNS(=O)(=O)c1ccc2ccccc2c1)N1CCc2ccccc2C1. The maximum absolute atomic E-state index is 13.2. The molecule has 2 heterocycles. The van der Waals surface area contributed by atoms with Crippen LogP contribution in [0.15, 0.2) is 90.0 Å². The van der Waals surface area contributed by atoms with Crippen molar-refractivity contribution < 1.29 is 8.42 Å². The maximum atomic E-state index is 13.2. The Morgan fingerprint density at radius 3 is 2.44 bits per heavy atom. The van der Waals surface area contributed by atoms with Crippen LogP contribution in [0.2, 0.25) is 0 Å². The second-order valence-corrected chi connectivity index (χ2v) is 10.2. The normalized spacial score (nSPS) is 15.5. The van der Waals surface area contributed by atoms with Gasteiger partial charge >= 0.3 is 0 Å². The molecule has 164 valence electrons. The summed E-state index contributed by atoms with van der Waals surface area (Å²) in [5.41, 5.74) is 3.80. The number of sulfonamides is 1. The Bertz CT molecular complexity index is 1360. The van der Waals surface area contributed by atoms with Crippen LogP contribution in [0.3, 0.4) is 0 Å². The van der Waals surface area contributed by atoms with Crippen LogP contribution < -0.4 is 4.72 Å². The van der Waals surface area contributed by atoms with Gasteiger partial charge in [0.05, 0.1) is 10.9 Å². The molecule has 1 N–H and O–H groups in total. The summed E-state index contributed by atoms with van der Waals surface area (Å²) in [6.07, 6.45) is 2.98. The van der Waals surface area contributed by atoms with E-state index in [0.29, 0.717) is 11.4 Å². The summed E-state index contributed by atoms with van der Waals surface area (Å²) in [4.78, 5) is 2.67. The topological polar surface area (TPSA) is 54.3 Å². The zero-order chi connectivity index (χ0) is 22.1. The minimum atomic E-state index is -3.64. The number of nitrogens with zero attached hydrogens (tertiary/aromatic N) is 2. The summed E-state index contributed by atoms with van der Waals surface area (Å²) in [6.45, 7) is 2.02. The molecular weight excluding hydrogens is 418 g/mol. The quantitative estimate of drug-likeness (QED) is 0.483. The average Bonchev–Trinajstić information content (AvgIpc) is 3.24. The minimum Gasteiger partial charge on any atom is -0.353 e. The van der Waals surface area contributed by atoms with Gasteiger partial charge < -0.3 is 4.57 Å². The fourth-order valence-electron chi connectivity index (χ4n) is 4.63. The van der Waals surface area contributed by atoms with E-state index in [0.717, 1.165) is 36.0 Å². The van der Waals surface area contributed by atoms with Crippen LogP contribution in [0, 0.1) is 0 Å². The molecule has 5 rings (SSSR count). The van der Waals surface area contributed by atoms with Gasteiger partial charge in [-0.25, -0.2) is 13.1 Å². The molecule has 1 aliphatic rings. The van der Waals surface area contributed by atoms with Gasteiger partial charge in [-0.2, -0.15) is 0 Å². The summed E-state index contributed by atoms with van der Waals surface area (Å²) in [5, 5.41) is 1.95. The first-order valence-corrected chi connectivity index (χ1v) is 12.4. The third-order valence-electron chi connectivity index (χ3n) is 6.42. The number of aryl methyl sites for hydroxylation is 1. The second kappa shape index (κ2) is 8.54. The highest BCUT2D eigenvalue weighted by molar-refractivity contribution is 7.89. The van der Waals surface area contributed by atoms with E-state index in [1.54, 1.807) is 12.1 Å². The Morgan fingerprint density at radius 1 is 0.906 bits per heavy atom. The molecular formula is C26H27N3O2S. The number of nitrogens with one attached hydrogen (secondary N) is 1. The van der Waals surface area contributed by atoms with E-state index in [1.807, 2.05) is 49.6 Å². The molecule has 0 spiro atoms. The molecule has 0 aliphatic carbocycles. The third-order valence-corrected chi connectivity index (χ3v) is 7.85. The molecule has 4 aromatic rings. The summed E-state index contributed by atoms with van der Waals surface area (Å²) in [6, 6.07) is 25.6. The molecule has 1 aromatic heterocycles. The molecule has 32 heavy (non-hydrogen) atoms. The van der Waals surface area contributed by atoms with Gasteiger partial charge in [0.25, 0.3) is 0 Å². The first kappa shape index (κ1) is 20.9. The van der Waals surface area contributed by atoms with Gasteiger partial charge in [0, 0.05) is 38.6 Å². The number of hydrogen-bond acceptors (Lipinski definition) is 3. The Hall–Kier alpha value is -2.93. The van der Waals surface area contributed by atoms with Crippen molar-refractivity contribution in [3.63, 3.8) is 0 Å². The predicted octanol–water partition coefficient (Wildman–Crippen LogP) is 4.26. The van der Waals surface area contributed by atoms with Crippen LogP contribution in [-0.4, -0.2) is 31.0 Å². The molecule has 6 heteroatoms. The maximum Gasteiger partial charge on any atom is 0.240 e. The monoisotopic (exact) mass is 445 g/mol. The van der Waals surface area contributed by atoms with Crippen LogP contribution in [0.4, 0.5) is 0 Å². The lowest BCUT2D eigenvalue weighted by atomic mass is 9.98. The summed E-state index contributed by atoms with van der Waals surface area (Å²) in [7, 11) is -1.62. The molecule has 0 amide bonds. The van der Waals surface area contributed by atoms with Gasteiger partial charge in [-0.15, -0.1) is 0 Å².